The van der Waals surface area contributed by atoms with E-state index >= 15 is 0 Å². The molecule has 168 valence electrons. The number of likely N-dealkylation sites (N-methyl/N-ethyl adjacent to an activating group) is 1. The normalized spacial score (nSPS) is 15.6. The van der Waals surface area contributed by atoms with Gasteiger partial charge in [-0.1, -0.05) is 18.2 Å². The van der Waals surface area contributed by atoms with Gasteiger partial charge < -0.3 is 14.5 Å². The van der Waals surface area contributed by atoms with Crippen molar-refractivity contribution in [3.8, 4) is 0 Å². The zero-order valence-electron chi connectivity index (χ0n) is 18.3. The molecule has 0 unspecified atom stereocenters. The molecule has 0 radical (unpaired) electrons. The van der Waals surface area contributed by atoms with Gasteiger partial charge in [0.1, 0.15) is 12.4 Å². The van der Waals surface area contributed by atoms with Crippen LogP contribution >= 0.6 is 11.3 Å². The zero-order chi connectivity index (χ0) is 22.2. The Morgan fingerprint density at radius 2 is 1.94 bits per heavy atom. The third kappa shape index (κ3) is 6.61. The van der Waals surface area contributed by atoms with Gasteiger partial charge in [0.15, 0.2) is 0 Å². The predicted molar refractivity (Wildman–Crippen MR) is 120 cm³/mol. The number of piperidine rings is 1. The maximum atomic E-state index is 13.3. The lowest BCUT2D eigenvalue weighted by atomic mass is 9.84. The first-order valence-corrected chi connectivity index (χ1v) is 11.6. The molecule has 0 N–H and O–H groups in total. The summed E-state index contributed by atoms with van der Waals surface area (Å²) >= 11 is 1.69. The topological polar surface area (TPSA) is 49.9 Å². The maximum absolute atomic E-state index is 13.3. The van der Waals surface area contributed by atoms with Gasteiger partial charge in [-0.2, -0.15) is 0 Å². The lowest BCUT2D eigenvalue weighted by Gasteiger charge is -2.40. The lowest BCUT2D eigenvalue weighted by molar-refractivity contribution is -0.139. The number of hydrogen-bond acceptors (Lipinski definition) is 4. The summed E-state index contributed by atoms with van der Waals surface area (Å²) in [6.07, 6.45) is 3.68. The van der Waals surface area contributed by atoms with E-state index in [1.807, 2.05) is 23.4 Å². The van der Waals surface area contributed by atoms with Crippen LogP contribution < -0.4 is 0 Å². The number of hydrogen-bond donors (Lipinski definition) is 0. The van der Waals surface area contributed by atoms with Crippen molar-refractivity contribution in [1.29, 1.82) is 0 Å². The molecule has 3 rings (SSSR count). The summed E-state index contributed by atoms with van der Waals surface area (Å²) in [5, 5.41) is 2.04. The summed E-state index contributed by atoms with van der Waals surface area (Å²) in [7, 11) is 3.33. The zero-order valence-corrected chi connectivity index (χ0v) is 19.1. The molecule has 2 aromatic rings. The fourth-order valence-electron chi connectivity index (χ4n) is 4.27. The van der Waals surface area contributed by atoms with Crippen molar-refractivity contribution >= 4 is 23.2 Å². The number of methoxy groups -OCH3 is 1. The minimum Gasteiger partial charge on any atom is -0.375 e. The van der Waals surface area contributed by atoms with Crippen molar-refractivity contribution in [3.05, 3.63) is 58.0 Å². The molecule has 5 nitrogen and oxygen atoms in total. The molecular weight excluding hydrogens is 415 g/mol. The molecule has 7 heteroatoms. The Morgan fingerprint density at radius 1 is 1.23 bits per heavy atom. The maximum Gasteiger partial charge on any atom is 0.248 e. The Hall–Kier alpha value is -2.25. The highest BCUT2D eigenvalue weighted by Crippen LogP contribution is 2.27. The summed E-state index contributed by atoms with van der Waals surface area (Å²) in [5.74, 6) is 0.144. The third-order valence-corrected chi connectivity index (χ3v) is 7.05. The molecule has 1 aromatic heterocycles. The Kier molecular flexibility index (Phi) is 8.60. The van der Waals surface area contributed by atoms with Crippen molar-refractivity contribution in [2.24, 2.45) is 5.92 Å². The molecule has 0 aliphatic carbocycles. The summed E-state index contributed by atoms with van der Waals surface area (Å²) in [4.78, 5) is 30.1. The van der Waals surface area contributed by atoms with E-state index in [9.17, 15) is 14.0 Å². The molecule has 0 bridgehead atoms. The van der Waals surface area contributed by atoms with Crippen LogP contribution in [0.5, 0.6) is 0 Å². The first kappa shape index (κ1) is 23.4. The van der Waals surface area contributed by atoms with Crippen LogP contribution in [0.3, 0.4) is 0 Å². The van der Waals surface area contributed by atoms with E-state index in [1.165, 1.54) is 24.1 Å². The minimum absolute atomic E-state index is 0.0171. The molecule has 31 heavy (non-hydrogen) atoms. The number of rotatable bonds is 9. The SMILES string of the molecule is COCC(=O)N(C)[C@@H](Cc1ccc(F)cc1)C1CCN(C(=O)CCc2cccs2)CC1. The highest BCUT2D eigenvalue weighted by Gasteiger charge is 2.32. The van der Waals surface area contributed by atoms with Crippen LogP contribution in [0.2, 0.25) is 0 Å². The van der Waals surface area contributed by atoms with Gasteiger partial charge in [0.2, 0.25) is 11.8 Å². The van der Waals surface area contributed by atoms with Crippen LogP contribution in [-0.4, -0.2) is 61.5 Å². The van der Waals surface area contributed by atoms with Crippen molar-refractivity contribution in [1.82, 2.24) is 9.80 Å². The Labute approximate surface area is 187 Å². The molecule has 2 amide bonds. The Balaban J connectivity index is 1.60. The number of carbonyl (C=O) groups excluding carboxylic acids is 2. The van der Waals surface area contributed by atoms with Gasteiger partial charge in [0, 0.05) is 44.6 Å². The summed E-state index contributed by atoms with van der Waals surface area (Å²) < 4.78 is 18.4. The second kappa shape index (κ2) is 11.4. The number of ether oxygens (including phenoxy) is 1. The standard InChI is InChI=1S/C24H31FN2O3S/c1-26(24(29)17-30-2)22(16-18-5-7-20(25)8-6-18)19-11-13-27(14-12-19)23(28)10-9-21-4-3-15-31-21/h3-8,15,19,22H,9-14,16-17H2,1-2H3/t22-/m0/s1. The molecular formula is C24H31FN2O3S. The third-order valence-electron chi connectivity index (χ3n) is 6.12. The minimum atomic E-state index is -0.265. The number of benzene rings is 1. The van der Waals surface area contributed by atoms with Gasteiger partial charge in [-0.25, -0.2) is 4.39 Å². The molecule has 0 spiro atoms. The number of carbonyl (C=O) groups is 2. The van der Waals surface area contributed by atoms with Gasteiger partial charge in [0.05, 0.1) is 0 Å². The fraction of sp³-hybridized carbons (Fsp3) is 0.500. The average molecular weight is 447 g/mol. The summed E-state index contributed by atoms with van der Waals surface area (Å²) in [6, 6.07) is 10.5. The number of likely N-dealkylation sites (tertiary alicyclic amines) is 1. The van der Waals surface area contributed by atoms with Crippen LogP contribution in [0.1, 0.15) is 29.7 Å². The quantitative estimate of drug-likeness (QED) is 0.589. The van der Waals surface area contributed by atoms with Gasteiger partial charge >= 0.3 is 0 Å². The van der Waals surface area contributed by atoms with Crippen LogP contribution in [0.15, 0.2) is 41.8 Å². The molecule has 1 fully saturated rings. The van der Waals surface area contributed by atoms with Gasteiger partial charge in [-0.3, -0.25) is 9.59 Å². The van der Waals surface area contributed by atoms with Gasteiger partial charge in [0.25, 0.3) is 0 Å². The van der Waals surface area contributed by atoms with Crippen LogP contribution in [-0.2, 0) is 27.2 Å². The molecule has 1 aromatic carbocycles. The van der Waals surface area contributed by atoms with Crippen molar-refractivity contribution < 1.29 is 18.7 Å². The van der Waals surface area contributed by atoms with Crippen molar-refractivity contribution in [3.63, 3.8) is 0 Å². The predicted octanol–water partition coefficient (Wildman–Crippen LogP) is 3.77. The Bertz CT molecular complexity index is 833. The van der Waals surface area contributed by atoms with E-state index in [4.69, 9.17) is 4.74 Å². The van der Waals surface area contributed by atoms with E-state index in [-0.39, 0.29) is 36.2 Å². The summed E-state index contributed by atoms with van der Waals surface area (Å²) in [5.41, 5.74) is 0.998. The van der Waals surface area contributed by atoms with E-state index in [0.717, 1.165) is 24.8 Å². The smallest absolute Gasteiger partial charge is 0.248 e. The van der Waals surface area contributed by atoms with Crippen molar-refractivity contribution in [2.45, 2.75) is 38.1 Å². The largest absolute Gasteiger partial charge is 0.375 e. The van der Waals surface area contributed by atoms with Crippen LogP contribution in [0, 0.1) is 11.7 Å². The monoisotopic (exact) mass is 446 g/mol. The second-order valence-electron chi connectivity index (χ2n) is 8.13. The number of amides is 2. The highest BCUT2D eigenvalue weighted by molar-refractivity contribution is 7.09. The first-order chi connectivity index (χ1) is 15.0. The van der Waals surface area contributed by atoms with Crippen molar-refractivity contribution in [2.75, 3.05) is 33.9 Å². The molecule has 2 heterocycles. The van der Waals surface area contributed by atoms with E-state index in [1.54, 1.807) is 28.4 Å². The number of nitrogens with zero attached hydrogens (tertiary/aromatic N) is 2. The van der Waals surface area contributed by atoms with E-state index in [2.05, 4.69) is 6.07 Å². The molecule has 1 atom stereocenters. The van der Waals surface area contributed by atoms with E-state index < -0.39 is 0 Å². The van der Waals surface area contributed by atoms with Gasteiger partial charge in [-0.15, -0.1) is 11.3 Å². The summed E-state index contributed by atoms with van der Waals surface area (Å²) in [6.45, 7) is 1.46. The molecule has 1 aliphatic rings. The fourth-order valence-corrected chi connectivity index (χ4v) is 4.98. The molecule has 0 saturated carbocycles. The van der Waals surface area contributed by atoms with Crippen LogP contribution in [0.4, 0.5) is 4.39 Å². The van der Waals surface area contributed by atoms with Crippen LogP contribution in [0.25, 0.3) is 0 Å². The molecule has 1 saturated heterocycles. The lowest BCUT2D eigenvalue weighted by Crippen LogP contribution is -2.49. The molecule has 1 aliphatic heterocycles. The Morgan fingerprint density at radius 3 is 2.55 bits per heavy atom. The second-order valence-corrected chi connectivity index (χ2v) is 9.17. The highest BCUT2D eigenvalue weighted by atomic mass is 32.1. The number of aryl methyl sites for hydroxylation is 1. The van der Waals surface area contributed by atoms with E-state index in [0.29, 0.717) is 25.9 Å². The average Bonchev–Trinajstić information content (AvgIpc) is 3.31. The van der Waals surface area contributed by atoms with Gasteiger partial charge in [-0.05, 0) is 60.7 Å². The number of halogens is 1. The number of thiophene rings is 1. The first-order valence-electron chi connectivity index (χ1n) is 10.8.